The summed E-state index contributed by atoms with van der Waals surface area (Å²) in [5.41, 5.74) is -0.438. The van der Waals surface area contributed by atoms with Gasteiger partial charge < -0.3 is 10.0 Å². The Bertz CT molecular complexity index is 263. The molecule has 0 atom stereocenters. The smallest absolute Gasteiger partial charge is 0.310 e. The quantitative estimate of drug-likeness (QED) is 0.800. The van der Waals surface area contributed by atoms with E-state index in [1.54, 1.807) is 0 Å². The van der Waals surface area contributed by atoms with E-state index >= 15 is 0 Å². The molecule has 3 heteroatoms. The number of likely N-dealkylation sites (tertiary alicyclic amines) is 1. The summed E-state index contributed by atoms with van der Waals surface area (Å²) in [6, 6.07) is 0. The fourth-order valence-electron chi connectivity index (χ4n) is 3.14. The van der Waals surface area contributed by atoms with Crippen molar-refractivity contribution in [1.29, 1.82) is 0 Å². The summed E-state index contributed by atoms with van der Waals surface area (Å²) in [5.74, 6) is 0.898. The summed E-state index contributed by atoms with van der Waals surface area (Å²) in [4.78, 5) is 13.8. The zero-order valence-corrected chi connectivity index (χ0v) is 10.4. The van der Waals surface area contributed by atoms with Gasteiger partial charge >= 0.3 is 5.97 Å². The van der Waals surface area contributed by atoms with Crippen molar-refractivity contribution < 1.29 is 9.90 Å². The normalized spacial score (nSPS) is 37.0. The minimum absolute atomic E-state index is 0.438. The van der Waals surface area contributed by atoms with Gasteiger partial charge in [-0.2, -0.15) is 0 Å². The lowest BCUT2D eigenvalue weighted by molar-refractivity contribution is -0.154. The van der Waals surface area contributed by atoms with Crippen LogP contribution < -0.4 is 0 Å². The first-order valence-corrected chi connectivity index (χ1v) is 6.47. The Hall–Kier alpha value is -0.570. The maximum absolute atomic E-state index is 11.5. The zero-order valence-electron chi connectivity index (χ0n) is 10.4. The van der Waals surface area contributed by atoms with E-state index < -0.39 is 11.4 Å². The van der Waals surface area contributed by atoms with Gasteiger partial charge in [0.05, 0.1) is 5.41 Å². The van der Waals surface area contributed by atoms with E-state index in [0.29, 0.717) is 5.92 Å². The van der Waals surface area contributed by atoms with Crippen LogP contribution in [0.2, 0.25) is 0 Å². The second-order valence-corrected chi connectivity index (χ2v) is 6.07. The molecule has 1 aliphatic carbocycles. The molecule has 2 rings (SSSR count). The lowest BCUT2D eigenvalue weighted by Crippen LogP contribution is -2.53. The van der Waals surface area contributed by atoms with E-state index in [2.05, 4.69) is 18.7 Å². The van der Waals surface area contributed by atoms with Crippen molar-refractivity contribution in [1.82, 2.24) is 4.90 Å². The summed E-state index contributed by atoms with van der Waals surface area (Å²) in [6.07, 6.45) is 3.90. The molecule has 0 aromatic heterocycles. The molecule has 0 bridgehead atoms. The summed E-state index contributed by atoms with van der Waals surface area (Å²) in [7, 11) is 0. The predicted molar refractivity (Wildman–Crippen MR) is 63.3 cm³/mol. The predicted octanol–water partition coefficient (Wildman–Crippen LogP) is 2.22. The minimum atomic E-state index is -0.570. The standard InChI is InChI=1S/C13H23NO2/c1-10-3-5-13(6-4-10,12(15)16)9-14-7-11(2)8-14/h10-11H,3-9H2,1-2H3,(H,15,16). The third-order valence-electron chi connectivity index (χ3n) is 4.35. The van der Waals surface area contributed by atoms with Crippen molar-refractivity contribution in [3.05, 3.63) is 0 Å². The highest BCUT2D eigenvalue weighted by atomic mass is 16.4. The average Bonchev–Trinajstić information content (AvgIpc) is 2.19. The molecule has 0 amide bonds. The van der Waals surface area contributed by atoms with Crippen molar-refractivity contribution in [3.8, 4) is 0 Å². The van der Waals surface area contributed by atoms with E-state index in [-0.39, 0.29) is 0 Å². The number of carbonyl (C=O) groups is 1. The summed E-state index contributed by atoms with van der Waals surface area (Å²) in [5, 5.41) is 9.48. The largest absolute Gasteiger partial charge is 0.481 e. The number of carboxylic acids is 1. The first kappa shape index (κ1) is 11.9. The van der Waals surface area contributed by atoms with Gasteiger partial charge in [0.1, 0.15) is 0 Å². The highest BCUT2D eigenvalue weighted by molar-refractivity contribution is 5.75. The molecule has 1 heterocycles. The lowest BCUT2D eigenvalue weighted by atomic mass is 9.70. The topological polar surface area (TPSA) is 40.5 Å². The van der Waals surface area contributed by atoms with Gasteiger partial charge in [-0.25, -0.2) is 0 Å². The van der Waals surface area contributed by atoms with Gasteiger partial charge in [0.25, 0.3) is 0 Å². The van der Waals surface area contributed by atoms with E-state index in [0.717, 1.165) is 51.2 Å². The Balaban J connectivity index is 1.96. The molecule has 3 nitrogen and oxygen atoms in total. The van der Waals surface area contributed by atoms with Crippen molar-refractivity contribution in [2.75, 3.05) is 19.6 Å². The highest BCUT2D eigenvalue weighted by Gasteiger charge is 2.43. The molecule has 0 unspecified atom stereocenters. The monoisotopic (exact) mass is 225 g/mol. The number of aliphatic carboxylic acids is 1. The van der Waals surface area contributed by atoms with Crippen molar-refractivity contribution >= 4 is 5.97 Å². The second-order valence-electron chi connectivity index (χ2n) is 6.07. The number of nitrogens with zero attached hydrogens (tertiary/aromatic N) is 1. The van der Waals surface area contributed by atoms with Gasteiger partial charge in [0.15, 0.2) is 0 Å². The molecule has 2 fully saturated rings. The van der Waals surface area contributed by atoms with Crippen molar-refractivity contribution in [2.24, 2.45) is 17.3 Å². The van der Waals surface area contributed by atoms with E-state index in [1.165, 1.54) is 0 Å². The maximum Gasteiger partial charge on any atom is 0.310 e. The zero-order chi connectivity index (χ0) is 11.8. The molecule has 0 radical (unpaired) electrons. The Labute approximate surface area is 97.8 Å². The molecule has 92 valence electrons. The van der Waals surface area contributed by atoms with Crippen LogP contribution in [0.3, 0.4) is 0 Å². The third-order valence-corrected chi connectivity index (χ3v) is 4.35. The summed E-state index contributed by atoms with van der Waals surface area (Å²) >= 11 is 0. The van der Waals surface area contributed by atoms with Gasteiger partial charge in [0.2, 0.25) is 0 Å². The van der Waals surface area contributed by atoms with Crippen LogP contribution in [0.25, 0.3) is 0 Å². The molecular weight excluding hydrogens is 202 g/mol. The number of hydrogen-bond donors (Lipinski definition) is 1. The highest BCUT2D eigenvalue weighted by Crippen LogP contribution is 2.40. The van der Waals surface area contributed by atoms with Gasteiger partial charge in [-0.15, -0.1) is 0 Å². The lowest BCUT2D eigenvalue weighted by Gasteiger charge is -2.45. The maximum atomic E-state index is 11.5. The fraction of sp³-hybridized carbons (Fsp3) is 0.923. The van der Waals surface area contributed by atoms with Crippen LogP contribution >= 0.6 is 0 Å². The Kier molecular flexibility index (Phi) is 3.24. The van der Waals surface area contributed by atoms with Crippen molar-refractivity contribution in [3.63, 3.8) is 0 Å². The van der Waals surface area contributed by atoms with Crippen LogP contribution in [0.1, 0.15) is 39.5 Å². The van der Waals surface area contributed by atoms with Gasteiger partial charge in [-0.05, 0) is 37.5 Å². The van der Waals surface area contributed by atoms with E-state index in [1.807, 2.05) is 0 Å². The van der Waals surface area contributed by atoms with Crippen LogP contribution in [0, 0.1) is 17.3 Å². The van der Waals surface area contributed by atoms with Crippen LogP contribution in [-0.2, 0) is 4.79 Å². The SMILES string of the molecule is CC1CCC(CN2CC(C)C2)(C(=O)O)CC1. The number of rotatable bonds is 3. The van der Waals surface area contributed by atoms with Gasteiger partial charge in [-0.3, -0.25) is 4.79 Å². The molecule has 0 aromatic carbocycles. The Morgan fingerprint density at radius 3 is 2.25 bits per heavy atom. The molecule has 0 aromatic rings. The van der Waals surface area contributed by atoms with Gasteiger partial charge in [-0.1, -0.05) is 13.8 Å². The van der Waals surface area contributed by atoms with Gasteiger partial charge in [0, 0.05) is 19.6 Å². The van der Waals surface area contributed by atoms with Crippen LogP contribution in [-0.4, -0.2) is 35.6 Å². The Morgan fingerprint density at radius 1 is 1.25 bits per heavy atom. The molecule has 0 spiro atoms. The first-order chi connectivity index (χ1) is 7.52. The average molecular weight is 225 g/mol. The summed E-state index contributed by atoms with van der Waals surface area (Å²) in [6.45, 7) is 7.42. The van der Waals surface area contributed by atoms with Crippen LogP contribution in [0.4, 0.5) is 0 Å². The van der Waals surface area contributed by atoms with E-state index in [4.69, 9.17) is 0 Å². The molecule has 16 heavy (non-hydrogen) atoms. The molecule has 1 aliphatic heterocycles. The molecule has 1 saturated carbocycles. The van der Waals surface area contributed by atoms with Crippen LogP contribution in [0.15, 0.2) is 0 Å². The molecular formula is C13H23NO2. The molecule has 2 aliphatic rings. The Morgan fingerprint density at radius 2 is 1.81 bits per heavy atom. The third kappa shape index (κ3) is 2.24. The van der Waals surface area contributed by atoms with E-state index in [9.17, 15) is 9.90 Å². The first-order valence-electron chi connectivity index (χ1n) is 6.47. The fourth-order valence-corrected chi connectivity index (χ4v) is 3.14. The second kappa shape index (κ2) is 4.36. The number of carboxylic acid groups (broad SMARTS) is 1. The van der Waals surface area contributed by atoms with Crippen LogP contribution in [0.5, 0.6) is 0 Å². The van der Waals surface area contributed by atoms with Crippen molar-refractivity contribution in [2.45, 2.75) is 39.5 Å². The number of hydrogen-bond acceptors (Lipinski definition) is 2. The molecule has 1 N–H and O–H groups in total. The summed E-state index contributed by atoms with van der Waals surface area (Å²) < 4.78 is 0. The molecule has 1 saturated heterocycles. The minimum Gasteiger partial charge on any atom is -0.481 e.